The van der Waals surface area contributed by atoms with E-state index in [1.54, 1.807) is 32.1 Å². The van der Waals surface area contributed by atoms with Crippen LogP contribution in [0.1, 0.15) is 45.8 Å². The molecular weight excluding hydrogens is 344 g/mol. The number of hydrogen-bond acceptors (Lipinski definition) is 3. The Morgan fingerprint density at radius 2 is 1.93 bits per heavy atom. The lowest BCUT2D eigenvalue weighted by atomic mass is 9.64. The monoisotopic (exact) mass is 368 g/mol. The van der Waals surface area contributed by atoms with Crippen molar-refractivity contribution in [3.63, 3.8) is 0 Å². The molecule has 27 heavy (non-hydrogen) atoms. The van der Waals surface area contributed by atoms with Crippen LogP contribution in [-0.4, -0.2) is 22.2 Å². The first kappa shape index (κ1) is 19.0. The van der Waals surface area contributed by atoms with E-state index < -0.39 is 23.3 Å². The Morgan fingerprint density at radius 1 is 1.22 bits per heavy atom. The van der Waals surface area contributed by atoms with Gasteiger partial charge in [-0.3, -0.25) is 4.79 Å². The lowest BCUT2D eigenvalue weighted by molar-refractivity contribution is -0.144. The molecule has 0 spiro atoms. The van der Waals surface area contributed by atoms with Crippen molar-refractivity contribution in [2.24, 2.45) is 5.92 Å². The van der Waals surface area contributed by atoms with E-state index in [2.05, 4.69) is 0 Å². The van der Waals surface area contributed by atoms with Gasteiger partial charge in [-0.05, 0) is 43.0 Å². The predicted molar refractivity (Wildman–Crippen MR) is 103 cm³/mol. The van der Waals surface area contributed by atoms with Gasteiger partial charge in [0.05, 0.1) is 0 Å². The number of rotatable bonds is 6. The third kappa shape index (κ3) is 2.97. The highest BCUT2D eigenvalue weighted by atomic mass is 16.4. The second-order valence-electron chi connectivity index (χ2n) is 7.16. The van der Waals surface area contributed by atoms with Crippen molar-refractivity contribution < 1.29 is 24.2 Å². The van der Waals surface area contributed by atoms with Gasteiger partial charge in [0.25, 0.3) is 0 Å². The fraction of sp³-hybridized carbons (Fsp3) is 0.364. The molecule has 0 aliphatic heterocycles. The highest BCUT2D eigenvalue weighted by Gasteiger charge is 2.52. The Labute approximate surface area is 158 Å². The quantitative estimate of drug-likeness (QED) is 0.755. The standard InChI is InChI=1S/C22H24O5/c1-4-5-8-16-12-22(21(25)26,14(3)19(13(16)2)20(23)24)18-11-15-9-6-7-10-17(15)27-18/h6-7,9-12,14H,4-5,8H2,1-3H3,(H,23,24)(H,25,26). The number of benzene rings is 1. The van der Waals surface area contributed by atoms with Crippen molar-refractivity contribution >= 4 is 22.9 Å². The van der Waals surface area contributed by atoms with E-state index in [-0.39, 0.29) is 11.3 Å². The minimum Gasteiger partial charge on any atom is -0.480 e. The summed E-state index contributed by atoms with van der Waals surface area (Å²) in [6.07, 6.45) is 4.16. The smallest absolute Gasteiger partial charge is 0.332 e. The van der Waals surface area contributed by atoms with Crippen LogP contribution in [0.5, 0.6) is 0 Å². The van der Waals surface area contributed by atoms with Gasteiger partial charge < -0.3 is 14.6 Å². The predicted octanol–water partition coefficient (Wildman–Crippen LogP) is 4.92. The van der Waals surface area contributed by atoms with Crippen LogP contribution in [0.25, 0.3) is 11.0 Å². The third-order valence-electron chi connectivity index (χ3n) is 5.62. The summed E-state index contributed by atoms with van der Waals surface area (Å²) in [7, 11) is 0. The summed E-state index contributed by atoms with van der Waals surface area (Å²) in [4.78, 5) is 24.5. The van der Waals surface area contributed by atoms with Gasteiger partial charge in [0, 0.05) is 16.9 Å². The normalized spacial score (nSPS) is 22.8. The summed E-state index contributed by atoms with van der Waals surface area (Å²) >= 11 is 0. The average Bonchev–Trinajstić information content (AvgIpc) is 3.05. The molecule has 1 aromatic heterocycles. The van der Waals surface area contributed by atoms with Crippen LogP contribution in [0.4, 0.5) is 0 Å². The Balaban J connectivity index is 2.27. The Bertz CT molecular complexity index is 929. The molecule has 0 radical (unpaired) electrons. The number of furan rings is 1. The van der Waals surface area contributed by atoms with Crippen LogP contribution in [0.3, 0.4) is 0 Å². The molecule has 0 amide bonds. The van der Waals surface area contributed by atoms with Gasteiger partial charge in [-0.15, -0.1) is 0 Å². The van der Waals surface area contributed by atoms with Crippen molar-refractivity contribution in [3.05, 3.63) is 58.9 Å². The molecule has 0 saturated carbocycles. The molecule has 1 heterocycles. The molecule has 2 atom stereocenters. The SMILES string of the molecule is CCCCC1=CC(C(=O)O)(c2cc3ccccc3o2)C(C)C(C(=O)O)=C1C. The van der Waals surface area contributed by atoms with Crippen molar-refractivity contribution in [2.75, 3.05) is 0 Å². The van der Waals surface area contributed by atoms with Crippen LogP contribution in [0, 0.1) is 5.92 Å². The zero-order valence-electron chi connectivity index (χ0n) is 15.8. The molecule has 5 heteroatoms. The maximum atomic E-state index is 12.5. The van der Waals surface area contributed by atoms with E-state index in [1.165, 1.54) is 0 Å². The molecule has 3 rings (SSSR count). The molecule has 0 fully saturated rings. The summed E-state index contributed by atoms with van der Waals surface area (Å²) in [6.45, 7) is 5.47. The van der Waals surface area contributed by atoms with Crippen LogP contribution >= 0.6 is 0 Å². The van der Waals surface area contributed by atoms with Gasteiger partial charge in [-0.2, -0.15) is 0 Å². The second kappa shape index (κ2) is 7.06. The number of allylic oxidation sites excluding steroid dienone is 2. The number of unbranched alkanes of at least 4 members (excludes halogenated alkanes) is 1. The number of carboxylic acids is 2. The van der Waals surface area contributed by atoms with Crippen molar-refractivity contribution in [1.82, 2.24) is 0 Å². The molecule has 2 unspecified atom stereocenters. The van der Waals surface area contributed by atoms with E-state index in [1.807, 2.05) is 25.1 Å². The van der Waals surface area contributed by atoms with E-state index in [0.29, 0.717) is 17.6 Å². The van der Waals surface area contributed by atoms with Crippen LogP contribution in [-0.2, 0) is 15.0 Å². The van der Waals surface area contributed by atoms with Gasteiger partial charge in [-0.25, -0.2) is 4.79 Å². The maximum absolute atomic E-state index is 12.5. The molecule has 1 aliphatic carbocycles. The highest BCUT2D eigenvalue weighted by molar-refractivity contribution is 5.95. The van der Waals surface area contributed by atoms with Crippen molar-refractivity contribution in [2.45, 2.75) is 45.4 Å². The Hall–Kier alpha value is -2.82. The van der Waals surface area contributed by atoms with Crippen LogP contribution in [0.2, 0.25) is 0 Å². The summed E-state index contributed by atoms with van der Waals surface area (Å²) in [5, 5.41) is 20.9. The molecular formula is C22H24O5. The lowest BCUT2D eigenvalue weighted by Crippen LogP contribution is -2.44. The number of hydrogen-bond donors (Lipinski definition) is 2. The van der Waals surface area contributed by atoms with Gasteiger partial charge in [-0.1, -0.05) is 44.5 Å². The second-order valence-corrected chi connectivity index (χ2v) is 7.16. The van der Waals surface area contributed by atoms with Gasteiger partial charge in [0.15, 0.2) is 5.41 Å². The number of aliphatic carboxylic acids is 2. The summed E-state index contributed by atoms with van der Waals surface area (Å²) < 4.78 is 5.92. The highest BCUT2D eigenvalue weighted by Crippen LogP contribution is 2.47. The summed E-state index contributed by atoms with van der Waals surface area (Å²) in [6, 6.07) is 9.03. The van der Waals surface area contributed by atoms with Gasteiger partial charge >= 0.3 is 11.9 Å². The fourth-order valence-corrected chi connectivity index (χ4v) is 4.03. The number of carboxylic acid groups (broad SMARTS) is 2. The fourth-order valence-electron chi connectivity index (χ4n) is 4.03. The number of para-hydroxylation sites is 1. The number of fused-ring (bicyclic) bond motifs is 1. The van der Waals surface area contributed by atoms with E-state index in [4.69, 9.17) is 4.42 Å². The third-order valence-corrected chi connectivity index (χ3v) is 5.62. The van der Waals surface area contributed by atoms with E-state index in [9.17, 15) is 19.8 Å². The Morgan fingerprint density at radius 3 is 2.52 bits per heavy atom. The molecule has 1 aromatic carbocycles. The number of carbonyl (C=O) groups is 2. The van der Waals surface area contributed by atoms with Crippen LogP contribution in [0.15, 0.2) is 57.5 Å². The summed E-state index contributed by atoms with van der Waals surface area (Å²) in [5.74, 6) is -2.68. The summed E-state index contributed by atoms with van der Waals surface area (Å²) in [5.41, 5.74) is 0.625. The molecule has 142 valence electrons. The zero-order chi connectivity index (χ0) is 19.8. The van der Waals surface area contributed by atoms with Crippen LogP contribution < -0.4 is 0 Å². The topological polar surface area (TPSA) is 87.7 Å². The van der Waals surface area contributed by atoms with Crippen molar-refractivity contribution in [1.29, 1.82) is 0 Å². The molecule has 0 bridgehead atoms. The average molecular weight is 368 g/mol. The molecule has 2 aromatic rings. The molecule has 1 aliphatic rings. The Kier molecular flexibility index (Phi) is 4.96. The molecule has 2 N–H and O–H groups in total. The van der Waals surface area contributed by atoms with Gasteiger partial charge in [0.1, 0.15) is 11.3 Å². The minimum absolute atomic E-state index is 0.145. The lowest BCUT2D eigenvalue weighted by Gasteiger charge is -2.37. The maximum Gasteiger partial charge on any atom is 0.332 e. The van der Waals surface area contributed by atoms with E-state index in [0.717, 1.165) is 23.8 Å². The molecule has 0 saturated heterocycles. The first-order valence-electron chi connectivity index (χ1n) is 9.21. The van der Waals surface area contributed by atoms with Gasteiger partial charge in [0.2, 0.25) is 0 Å². The van der Waals surface area contributed by atoms with E-state index >= 15 is 0 Å². The molecule has 5 nitrogen and oxygen atoms in total. The minimum atomic E-state index is -1.55. The zero-order valence-corrected chi connectivity index (χ0v) is 15.8. The van der Waals surface area contributed by atoms with Crippen molar-refractivity contribution in [3.8, 4) is 0 Å². The first-order chi connectivity index (χ1) is 12.8. The first-order valence-corrected chi connectivity index (χ1v) is 9.21. The largest absolute Gasteiger partial charge is 0.480 e.